The molecular formula is C12H18Cl2Ge2. The summed E-state index contributed by atoms with van der Waals surface area (Å²) in [5, 5.41) is 0. The van der Waals surface area contributed by atoms with Crippen LogP contribution in [0, 0.1) is 0 Å². The van der Waals surface area contributed by atoms with Crippen molar-refractivity contribution >= 4 is 49.1 Å². The average Bonchev–Trinajstić information content (AvgIpc) is 2.13. The number of rotatable bonds is 3. The van der Waals surface area contributed by atoms with Gasteiger partial charge in [0, 0.05) is 0 Å². The summed E-state index contributed by atoms with van der Waals surface area (Å²) >= 11 is -4.58. The van der Waals surface area contributed by atoms with Crippen molar-refractivity contribution in [3.63, 3.8) is 0 Å². The Hall–Kier alpha value is 0.626. The Bertz CT molecular complexity index is 372. The molecule has 0 saturated heterocycles. The van der Waals surface area contributed by atoms with E-state index in [-0.39, 0.29) is 0 Å². The van der Waals surface area contributed by atoms with Crippen LogP contribution in [-0.2, 0) is 0 Å². The van der Waals surface area contributed by atoms with Crippen LogP contribution >= 0.6 is 20.0 Å². The Balaban J connectivity index is 3.24. The fourth-order valence-corrected chi connectivity index (χ4v) is 17.1. The summed E-state index contributed by atoms with van der Waals surface area (Å²) in [5.74, 6) is 8.75. The van der Waals surface area contributed by atoms with Crippen molar-refractivity contribution in [2.45, 2.75) is 23.0 Å². The summed E-state index contributed by atoms with van der Waals surface area (Å²) in [4.78, 5) is 2.30. The van der Waals surface area contributed by atoms with E-state index >= 15 is 0 Å². The quantitative estimate of drug-likeness (QED) is 0.647. The first-order valence-corrected chi connectivity index (χ1v) is 21.5. The Morgan fingerprint density at radius 3 is 1.88 bits per heavy atom. The first kappa shape index (κ1) is 14.7. The van der Waals surface area contributed by atoms with E-state index in [0.29, 0.717) is 0 Å². The van der Waals surface area contributed by atoms with Crippen molar-refractivity contribution < 1.29 is 0 Å². The van der Waals surface area contributed by atoms with Crippen LogP contribution in [0.1, 0.15) is 5.56 Å². The molecule has 88 valence electrons. The minimum absolute atomic E-state index is 1.25. The monoisotopic (exact) mass is 380 g/mol. The van der Waals surface area contributed by atoms with Crippen molar-refractivity contribution in [1.29, 1.82) is 0 Å². The molecule has 0 N–H and O–H groups in total. The SMILES string of the molecule is [CH3][Ge]([CH3])([Cl])/[CH]=[C](\c1ccccc1)[Ge]([CH3])([CH3])[Cl]. The van der Waals surface area contributed by atoms with Gasteiger partial charge in [0.2, 0.25) is 0 Å². The van der Waals surface area contributed by atoms with Crippen molar-refractivity contribution in [3.8, 4) is 0 Å². The number of hydrogen-bond donors (Lipinski definition) is 0. The molecule has 0 radical (unpaired) electrons. The molecule has 4 heteroatoms. The average molecular weight is 378 g/mol. The van der Waals surface area contributed by atoms with E-state index in [0.717, 1.165) is 0 Å². The number of hydrogen-bond acceptors (Lipinski definition) is 0. The normalized spacial score (nSPS) is 14.0. The zero-order valence-corrected chi connectivity index (χ0v) is 15.9. The Kier molecular flexibility index (Phi) is 5.06. The zero-order chi connectivity index (χ0) is 12.4. The Morgan fingerprint density at radius 1 is 1.00 bits per heavy atom. The molecule has 0 unspecified atom stereocenters. The van der Waals surface area contributed by atoms with Gasteiger partial charge in [-0.3, -0.25) is 0 Å². The van der Waals surface area contributed by atoms with E-state index in [1.807, 2.05) is 6.07 Å². The fraction of sp³-hybridized carbons (Fsp3) is 0.333. The van der Waals surface area contributed by atoms with E-state index in [1.54, 1.807) is 0 Å². The van der Waals surface area contributed by atoms with E-state index in [9.17, 15) is 0 Å². The Morgan fingerprint density at radius 2 is 1.50 bits per heavy atom. The van der Waals surface area contributed by atoms with Gasteiger partial charge in [0.25, 0.3) is 0 Å². The summed E-state index contributed by atoms with van der Waals surface area (Å²) < 4.78 is 1.34. The molecule has 0 atom stereocenters. The summed E-state index contributed by atoms with van der Waals surface area (Å²) in [6.07, 6.45) is 0. The molecule has 0 aliphatic carbocycles. The molecule has 1 aromatic rings. The molecular weight excluding hydrogens is 360 g/mol. The molecule has 0 aromatic heterocycles. The molecule has 0 heterocycles. The molecule has 0 aliphatic rings. The molecule has 0 saturated carbocycles. The van der Waals surface area contributed by atoms with E-state index < -0.39 is 24.7 Å². The first-order chi connectivity index (χ1) is 7.20. The van der Waals surface area contributed by atoms with Crippen LogP contribution in [0.4, 0.5) is 0 Å². The summed E-state index contributed by atoms with van der Waals surface area (Å²) in [6, 6.07) is 10.4. The van der Waals surface area contributed by atoms with Gasteiger partial charge in [0.15, 0.2) is 0 Å². The summed E-state index contributed by atoms with van der Waals surface area (Å²) in [6.45, 7) is 0. The molecule has 0 nitrogen and oxygen atoms in total. The van der Waals surface area contributed by atoms with Crippen LogP contribution in [0.2, 0.25) is 23.0 Å². The van der Waals surface area contributed by atoms with Gasteiger partial charge in [-0.1, -0.05) is 0 Å². The summed E-state index contributed by atoms with van der Waals surface area (Å²) in [5.41, 5.74) is 1.25. The maximum atomic E-state index is 6.63. The van der Waals surface area contributed by atoms with Gasteiger partial charge in [-0.15, -0.1) is 0 Å². The van der Waals surface area contributed by atoms with Crippen LogP contribution in [0.25, 0.3) is 4.41 Å². The topological polar surface area (TPSA) is 0 Å². The fourth-order valence-electron chi connectivity index (χ4n) is 1.56. The van der Waals surface area contributed by atoms with Crippen LogP contribution < -0.4 is 0 Å². The predicted molar refractivity (Wildman–Crippen MR) is 81.1 cm³/mol. The van der Waals surface area contributed by atoms with Crippen molar-refractivity contribution in [1.82, 2.24) is 0 Å². The van der Waals surface area contributed by atoms with Gasteiger partial charge in [-0.2, -0.15) is 0 Å². The second kappa shape index (κ2) is 5.51. The second-order valence-corrected chi connectivity index (χ2v) is 29.4. The van der Waals surface area contributed by atoms with Crippen LogP contribution in [-0.4, -0.2) is 24.7 Å². The molecule has 0 bridgehead atoms. The molecule has 16 heavy (non-hydrogen) atoms. The van der Waals surface area contributed by atoms with Crippen LogP contribution in [0.3, 0.4) is 0 Å². The zero-order valence-electron chi connectivity index (χ0n) is 10.2. The standard InChI is InChI=1S/C12H18Cl2Ge2/c1-15(2,13)10-12(16(3,4)14)11-8-6-5-7-9-11/h5-10H,1-4H3/b12-10+. The van der Waals surface area contributed by atoms with Gasteiger partial charge < -0.3 is 0 Å². The number of halogens is 2. The third-order valence-electron chi connectivity index (χ3n) is 2.21. The second-order valence-electron chi connectivity index (χ2n) is 4.96. The third-order valence-corrected chi connectivity index (χ3v) is 10.8. The molecule has 0 spiro atoms. The van der Waals surface area contributed by atoms with E-state index in [4.69, 9.17) is 20.0 Å². The van der Waals surface area contributed by atoms with Crippen molar-refractivity contribution in [3.05, 3.63) is 40.8 Å². The maximum absolute atomic E-state index is 6.63. The van der Waals surface area contributed by atoms with Crippen molar-refractivity contribution in [2.75, 3.05) is 0 Å². The Labute approximate surface area is 112 Å². The molecule has 1 rings (SSSR count). The first-order valence-electron chi connectivity index (χ1n) is 5.37. The van der Waals surface area contributed by atoms with Crippen molar-refractivity contribution in [2.24, 2.45) is 0 Å². The van der Waals surface area contributed by atoms with Crippen LogP contribution in [0.5, 0.6) is 0 Å². The molecule has 0 aliphatic heterocycles. The van der Waals surface area contributed by atoms with Gasteiger partial charge in [0.05, 0.1) is 0 Å². The molecule has 1 aromatic carbocycles. The molecule has 0 amide bonds. The van der Waals surface area contributed by atoms with E-state index in [2.05, 4.69) is 52.2 Å². The predicted octanol–water partition coefficient (Wildman–Crippen LogP) is 5.04. The van der Waals surface area contributed by atoms with Gasteiger partial charge in [-0.25, -0.2) is 0 Å². The molecule has 0 fully saturated rings. The number of benzene rings is 1. The van der Waals surface area contributed by atoms with Gasteiger partial charge in [0.1, 0.15) is 0 Å². The van der Waals surface area contributed by atoms with Gasteiger partial charge in [-0.05, 0) is 0 Å². The van der Waals surface area contributed by atoms with Crippen LogP contribution in [0.15, 0.2) is 35.2 Å². The van der Waals surface area contributed by atoms with Gasteiger partial charge >= 0.3 is 113 Å². The summed E-state index contributed by atoms with van der Waals surface area (Å²) in [7, 11) is 13.1. The van der Waals surface area contributed by atoms with E-state index in [1.165, 1.54) is 9.97 Å². The minimum atomic E-state index is -2.35. The third kappa shape index (κ3) is 4.86.